The second-order valence-electron chi connectivity index (χ2n) is 6.91. The van der Waals surface area contributed by atoms with E-state index >= 15 is 0 Å². The molecule has 0 unspecified atom stereocenters. The van der Waals surface area contributed by atoms with Crippen LogP contribution in [0.2, 0.25) is 0 Å². The Hall–Kier alpha value is -4.10. The third-order valence-corrected chi connectivity index (χ3v) is 4.44. The maximum Gasteiger partial charge on any atom is 0.864 e. The van der Waals surface area contributed by atoms with Crippen molar-refractivity contribution >= 4 is 7.32 Å². The Bertz CT molecular complexity index is 1110. The quantitative estimate of drug-likeness (QED) is 0.295. The SMILES string of the molecule is Cc1ccc(C#Cc2ccc(OB(Oc3ccccc3)Oc3ccccc3)cc2)cc1. The number of para-hydroxylation sites is 2. The lowest BCUT2D eigenvalue weighted by molar-refractivity contribution is 0.307. The van der Waals surface area contributed by atoms with Gasteiger partial charge in [-0.05, 0) is 67.6 Å². The summed E-state index contributed by atoms with van der Waals surface area (Å²) in [5, 5.41) is 0. The van der Waals surface area contributed by atoms with E-state index in [9.17, 15) is 0 Å². The van der Waals surface area contributed by atoms with Gasteiger partial charge >= 0.3 is 7.32 Å². The summed E-state index contributed by atoms with van der Waals surface area (Å²) in [5.74, 6) is 8.28. The molecule has 3 nitrogen and oxygen atoms in total. The van der Waals surface area contributed by atoms with Crippen molar-refractivity contribution in [1.82, 2.24) is 0 Å². The molecule has 31 heavy (non-hydrogen) atoms. The standard InChI is InChI=1S/C27H21BO3/c1-22-12-14-23(15-13-22)16-17-24-18-20-27(21-19-24)31-28(29-25-8-4-2-5-9-25)30-26-10-6-3-7-11-26/h2-15,18-21H,1H3. The molecule has 0 aromatic heterocycles. The molecule has 0 radical (unpaired) electrons. The molecule has 0 aliphatic rings. The summed E-state index contributed by atoms with van der Waals surface area (Å²) in [4.78, 5) is 0. The van der Waals surface area contributed by atoms with Crippen molar-refractivity contribution in [2.24, 2.45) is 0 Å². The highest BCUT2D eigenvalue weighted by atomic mass is 16.7. The Morgan fingerprint density at radius 1 is 0.484 bits per heavy atom. The van der Waals surface area contributed by atoms with Gasteiger partial charge in [-0.2, -0.15) is 0 Å². The number of benzene rings is 4. The highest BCUT2D eigenvalue weighted by Gasteiger charge is 2.30. The monoisotopic (exact) mass is 404 g/mol. The van der Waals surface area contributed by atoms with Crippen molar-refractivity contribution in [2.75, 3.05) is 0 Å². The first-order valence-electron chi connectivity index (χ1n) is 10.0. The van der Waals surface area contributed by atoms with Crippen LogP contribution in [0.4, 0.5) is 0 Å². The fourth-order valence-corrected chi connectivity index (χ4v) is 2.80. The minimum Gasteiger partial charge on any atom is -0.490 e. The van der Waals surface area contributed by atoms with Gasteiger partial charge in [-0.25, -0.2) is 0 Å². The number of aryl methyl sites for hydroxylation is 1. The summed E-state index contributed by atoms with van der Waals surface area (Å²) in [5.41, 5.74) is 3.10. The molecule has 150 valence electrons. The average Bonchev–Trinajstić information content (AvgIpc) is 2.81. The van der Waals surface area contributed by atoms with Gasteiger partial charge in [-0.15, -0.1) is 0 Å². The molecule has 0 amide bonds. The molecule has 4 aromatic carbocycles. The molecular formula is C27H21BO3. The van der Waals surface area contributed by atoms with Crippen LogP contribution in [0.3, 0.4) is 0 Å². The topological polar surface area (TPSA) is 27.7 Å². The molecule has 4 rings (SSSR count). The third-order valence-electron chi connectivity index (χ3n) is 4.44. The fraction of sp³-hybridized carbons (Fsp3) is 0.0370. The van der Waals surface area contributed by atoms with Crippen LogP contribution in [0.15, 0.2) is 109 Å². The summed E-state index contributed by atoms with van der Waals surface area (Å²) in [6, 6.07) is 34.6. The van der Waals surface area contributed by atoms with Gasteiger partial charge in [-0.1, -0.05) is 65.9 Å². The molecule has 0 aliphatic carbocycles. The lowest BCUT2D eigenvalue weighted by Gasteiger charge is -2.16. The van der Waals surface area contributed by atoms with Crippen LogP contribution in [0.1, 0.15) is 16.7 Å². The van der Waals surface area contributed by atoms with Crippen LogP contribution in [0.25, 0.3) is 0 Å². The maximum atomic E-state index is 5.96. The van der Waals surface area contributed by atoms with Crippen LogP contribution < -0.4 is 14.0 Å². The van der Waals surface area contributed by atoms with Gasteiger partial charge in [0, 0.05) is 11.1 Å². The Morgan fingerprint density at radius 2 is 0.871 bits per heavy atom. The fourth-order valence-electron chi connectivity index (χ4n) is 2.80. The van der Waals surface area contributed by atoms with Gasteiger partial charge < -0.3 is 14.0 Å². The lowest BCUT2D eigenvalue weighted by Crippen LogP contribution is -2.36. The Labute approximate surface area is 183 Å². The van der Waals surface area contributed by atoms with Crippen LogP contribution in [0, 0.1) is 18.8 Å². The largest absolute Gasteiger partial charge is 0.864 e. The van der Waals surface area contributed by atoms with E-state index in [1.54, 1.807) is 0 Å². The first-order chi connectivity index (χ1) is 15.2. The summed E-state index contributed by atoms with van der Waals surface area (Å²) >= 11 is 0. The Morgan fingerprint density at radius 3 is 1.32 bits per heavy atom. The van der Waals surface area contributed by atoms with E-state index in [0.717, 1.165) is 11.1 Å². The van der Waals surface area contributed by atoms with Crippen molar-refractivity contribution in [3.63, 3.8) is 0 Å². The summed E-state index contributed by atoms with van der Waals surface area (Å²) in [6.45, 7) is 2.06. The van der Waals surface area contributed by atoms with E-state index in [2.05, 4.69) is 30.9 Å². The number of hydrogen-bond donors (Lipinski definition) is 0. The maximum absolute atomic E-state index is 5.96. The van der Waals surface area contributed by atoms with Gasteiger partial charge in [0.25, 0.3) is 0 Å². The molecule has 4 heteroatoms. The zero-order valence-corrected chi connectivity index (χ0v) is 17.2. The van der Waals surface area contributed by atoms with Crippen molar-refractivity contribution in [1.29, 1.82) is 0 Å². The van der Waals surface area contributed by atoms with Crippen LogP contribution in [0.5, 0.6) is 17.2 Å². The Balaban J connectivity index is 1.46. The van der Waals surface area contributed by atoms with Gasteiger partial charge in [0.2, 0.25) is 0 Å². The molecular weight excluding hydrogens is 383 g/mol. The lowest BCUT2D eigenvalue weighted by atomic mass is 10.1. The molecule has 0 bridgehead atoms. The second kappa shape index (κ2) is 10.1. The van der Waals surface area contributed by atoms with E-state index in [1.807, 2.05) is 97.1 Å². The first kappa shape index (κ1) is 20.2. The predicted octanol–water partition coefficient (Wildman–Crippen LogP) is 5.92. The molecule has 0 heterocycles. The van der Waals surface area contributed by atoms with Crippen LogP contribution in [-0.4, -0.2) is 7.32 Å². The molecule has 0 saturated carbocycles. The van der Waals surface area contributed by atoms with Gasteiger partial charge in [0.05, 0.1) is 0 Å². The minimum absolute atomic E-state index is 0.623. The smallest absolute Gasteiger partial charge is 0.490 e. The van der Waals surface area contributed by atoms with E-state index < -0.39 is 7.32 Å². The highest BCUT2D eigenvalue weighted by Crippen LogP contribution is 2.18. The second-order valence-corrected chi connectivity index (χ2v) is 6.91. The summed E-state index contributed by atoms with van der Waals surface area (Å²) in [6.07, 6.45) is 0. The van der Waals surface area contributed by atoms with Crippen LogP contribution in [-0.2, 0) is 0 Å². The van der Waals surface area contributed by atoms with Crippen molar-refractivity contribution in [3.8, 4) is 29.1 Å². The van der Waals surface area contributed by atoms with Gasteiger partial charge in [-0.3, -0.25) is 0 Å². The van der Waals surface area contributed by atoms with E-state index in [-0.39, 0.29) is 0 Å². The molecule has 0 fully saturated rings. The molecule has 4 aromatic rings. The molecule has 0 spiro atoms. The average molecular weight is 404 g/mol. The van der Waals surface area contributed by atoms with Crippen molar-refractivity contribution < 1.29 is 14.0 Å². The van der Waals surface area contributed by atoms with Crippen molar-refractivity contribution in [3.05, 3.63) is 126 Å². The first-order valence-corrected chi connectivity index (χ1v) is 10.0. The predicted molar refractivity (Wildman–Crippen MR) is 124 cm³/mol. The van der Waals surface area contributed by atoms with E-state index in [0.29, 0.717) is 17.2 Å². The van der Waals surface area contributed by atoms with Crippen LogP contribution >= 0.6 is 0 Å². The van der Waals surface area contributed by atoms with Gasteiger partial charge in [0.15, 0.2) is 0 Å². The number of hydrogen-bond acceptors (Lipinski definition) is 3. The zero-order chi connectivity index (χ0) is 21.3. The third kappa shape index (κ3) is 6.19. The summed E-state index contributed by atoms with van der Waals surface area (Å²) in [7, 11) is -0.936. The number of rotatable bonds is 6. The molecule has 0 atom stereocenters. The highest BCUT2D eigenvalue weighted by molar-refractivity contribution is 6.39. The van der Waals surface area contributed by atoms with E-state index in [4.69, 9.17) is 14.0 Å². The summed E-state index contributed by atoms with van der Waals surface area (Å²) < 4.78 is 17.8. The van der Waals surface area contributed by atoms with Gasteiger partial charge in [0.1, 0.15) is 17.2 Å². The molecule has 0 N–H and O–H groups in total. The molecule has 0 aliphatic heterocycles. The molecule has 0 saturated heterocycles. The van der Waals surface area contributed by atoms with E-state index in [1.165, 1.54) is 5.56 Å². The zero-order valence-electron chi connectivity index (χ0n) is 17.2. The normalized spacial score (nSPS) is 9.84. The Kier molecular flexibility index (Phi) is 6.57. The van der Waals surface area contributed by atoms with Crippen molar-refractivity contribution in [2.45, 2.75) is 6.92 Å². The minimum atomic E-state index is -0.936.